The lowest BCUT2D eigenvalue weighted by Crippen LogP contribution is -2.09. The lowest BCUT2D eigenvalue weighted by Gasteiger charge is -2.10. The van der Waals surface area contributed by atoms with Crippen LogP contribution in [0.15, 0.2) is 35.6 Å². The molecule has 0 atom stereocenters. The fraction of sp³-hybridized carbons (Fsp3) is 0.357. The molecule has 1 aromatic carbocycles. The highest BCUT2D eigenvalue weighted by Crippen LogP contribution is 2.23. The molecule has 0 aliphatic carbocycles. The molecule has 4 nitrogen and oxygen atoms in total. The van der Waals surface area contributed by atoms with E-state index in [0.29, 0.717) is 18.9 Å². The Hall–Kier alpha value is -1.37. The van der Waals surface area contributed by atoms with E-state index in [4.69, 9.17) is 4.74 Å². The van der Waals surface area contributed by atoms with Crippen molar-refractivity contribution in [3.63, 3.8) is 0 Å². The molecular formula is C14H17FN2O2S. The molecule has 20 heavy (non-hydrogen) atoms. The van der Waals surface area contributed by atoms with E-state index >= 15 is 0 Å². The number of methoxy groups -OCH3 is 1. The summed E-state index contributed by atoms with van der Waals surface area (Å²) in [6.45, 7) is 1.13. The number of imidazole rings is 1. The van der Waals surface area contributed by atoms with Crippen molar-refractivity contribution in [3.05, 3.63) is 47.5 Å². The number of ether oxygens (including phenoxy) is 1. The van der Waals surface area contributed by atoms with Crippen molar-refractivity contribution in [2.75, 3.05) is 13.7 Å². The highest BCUT2D eigenvalue weighted by molar-refractivity contribution is 7.98. The molecule has 1 aromatic heterocycles. The molecule has 2 aromatic rings. The second-order valence-electron chi connectivity index (χ2n) is 4.25. The fourth-order valence-corrected chi connectivity index (χ4v) is 2.80. The molecule has 0 amide bonds. The monoisotopic (exact) mass is 296 g/mol. The first-order valence-electron chi connectivity index (χ1n) is 6.26. The molecule has 0 unspecified atom stereocenters. The van der Waals surface area contributed by atoms with Gasteiger partial charge in [-0.3, -0.25) is 0 Å². The summed E-state index contributed by atoms with van der Waals surface area (Å²) in [4.78, 5) is 4.29. The number of thioether (sulfide) groups is 1. The minimum Gasteiger partial charge on any atom is -0.390 e. The average Bonchev–Trinajstić information content (AvgIpc) is 2.85. The van der Waals surface area contributed by atoms with Crippen molar-refractivity contribution >= 4 is 11.8 Å². The molecule has 1 N–H and O–H groups in total. The Labute approximate surface area is 121 Å². The number of benzene rings is 1. The Morgan fingerprint density at radius 3 is 3.00 bits per heavy atom. The van der Waals surface area contributed by atoms with Crippen molar-refractivity contribution in [2.24, 2.45) is 0 Å². The van der Waals surface area contributed by atoms with Crippen LogP contribution in [0, 0.1) is 5.82 Å². The van der Waals surface area contributed by atoms with Gasteiger partial charge in [0.2, 0.25) is 0 Å². The van der Waals surface area contributed by atoms with Crippen LogP contribution in [0.2, 0.25) is 0 Å². The normalized spacial score (nSPS) is 10.9. The standard InChI is InChI=1S/C14H17FN2O2S/c1-19-6-5-17-13(9-18)8-16-14(17)20-10-11-3-2-4-12(15)7-11/h2-4,7-8,18H,5-6,9-10H2,1H3. The van der Waals surface area contributed by atoms with Crippen LogP contribution >= 0.6 is 11.8 Å². The van der Waals surface area contributed by atoms with Crippen LogP contribution in [0.4, 0.5) is 4.39 Å². The van der Waals surface area contributed by atoms with Gasteiger partial charge in [0.25, 0.3) is 0 Å². The first kappa shape index (κ1) is 15.0. The van der Waals surface area contributed by atoms with Crippen molar-refractivity contribution in [1.82, 2.24) is 9.55 Å². The number of aliphatic hydroxyl groups is 1. The number of hydrogen-bond acceptors (Lipinski definition) is 4. The number of hydrogen-bond donors (Lipinski definition) is 1. The van der Waals surface area contributed by atoms with E-state index in [9.17, 15) is 9.50 Å². The maximum absolute atomic E-state index is 13.1. The van der Waals surface area contributed by atoms with Gasteiger partial charge in [-0.05, 0) is 17.7 Å². The summed E-state index contributed by atoms with van der Waals surface area (Å²) in [6, 6.07) is 6.52. The van der Waals surface area contributed by atoms with Gasteiger partial charge in [-0.2, -0.15) is 0 Å². The summed E-state index contributed by atoms with van der Waals surface area (Å²) in [5, 5.41) is 10.1. The summed E-state index contributed by atoms with van der Waals surface area (Å²) in [6.07, 6.45) is 1.66. The third kappa shape index (κ3) is 3.82. The molecule has 0 spiro atoms. The summed E-state index contributed by atoms with van der Waals surface area (Å²) >= 11 is 1.51. The SMILES string of the molecule is COCCn1c(CO)cnc1SCc1cccc(F)c1. The van der Waals surface area contributed by atoms with Crippen molar-refractivity contribution in [3.8, 4) is 0 Å². The molecule has 0 fully saturated rings. The van der Waals surface area contributed by atoms with Crippen molar-refractivity contribution in [2.45, 2.75) is 24.1 Å². The maximum Gasteiger partial charge on any atom is 0.168 e. The van der Waals surface area contributed by atoms with Crippen LogP contribution < -0.4 is 0 Å². The van der Waals surface area contributed by atoms with Crippen LogP contribution in [0.25, 0.3) is 0 Å². The lowest BCUT2D eigenvalue weighted by atomic mass is 10.2. The van der Waals surface area contributed by atoms with Crippen LogP contribution in [-0.4, -0.2) is 28.4 Å². The van der Waals surface area contributed by atoms with Crippen LogP contribution in [-0.2, 0) is 23.6 Å². The molecule has 0 bridgehead atoms. The van der Waals surface area contributed by atoms with E-state index in [2.05, 4.69) is 4.98 Å². The van der Waals surface area contributed by atoms with Crippen LogP contribution in [0.1, 0.15) is 11.3 Å². The summed E-state index contributed by atoms with van der Waals surface area (Å²) in [5.74, 6) is 0.397. The average molecular weight is 296 g/mol. The Morgan fingerprint density at radius 2 is 2.30 bits per heavy atom. The predicted octanol–water partition coefficient (Wildman–Crippen LogP) is 2.45. The number of nitrogens with zero attached hydrogens (tertiary/aromatic N) is 2. The predicted molar refractivity (Wildman–Crippen MR) is 76.0 cm³/mol. The summed E-state index contributed by atoms with van der Waals surface area (Å²) in [5.41, 5.74) is 1.66. The van der Waals surface area contributed by atoms with Gasteiger partial charge in [0.15, 0.2) is 5.16 Å². The third-order valence-electron chi connectivity index (χ3n) is 2.84. The number of aliphatic hydroxyl groups excluding tert-OH is 1. The molecule has 6 heteroatoms. The Kier molecular flexibility index (Phi) is 5.58. The number of rotatable bonds is 7. The van der Waals surface area contributed by atoms with E-state index in [1.54, 1.807) is 19.4 Å². The Bertz CT molecular complexity index is 560. The second-order valence-corrected chi connectivity index (χ2v) is 5.20. The first-order valence-corrected chi connectivity index (χ1v) is 7.24. The molecule has 0 radical (unpaired) electrons. The number of aromatic nitrogens is 2. The van der Waals surface area contributed by atoms with Crippen LogP contribution in [0.5, 0.6) is 0 Å². The van der Waals surface area contributed by atoms with E-state index in [1.165, 1.54) is 23.9 Å². The van der Waals surface area contributed by atoms with E-state index in [1.807, 2.05) is 10.6 Å². The van der Waals surface area contributed by atoms with Gasteiger partial charge in [-0.15, -0.1) is 0 Å². The zero-order valence-corrected chi connectivity index (χ0v) is 12.1. The largest absolute Gasteiger partial charge is 0.390 e. The molecular weight excluding hydrogens is 279 g/mol. The lowest BCUT2D eigenvalue weighted by molar-refractivity contribution is 0.180. The summed E-state index contributed by atoms with van der Waals surface area (Å²) < 4.78 is 20.1. The van der Waals surface area contributed by atoms with Gasteiger partial charge < -0.3 is 14.4 Å². The fourth-order valence-electron chi connectivity index (χ4n) is 1.83. The van der Waals surface area contributed by atoms with Gasteiger partial charge in [-0.1, -0.05) is 23.9 Å². The minimum atomic E-state index is -0.234. The first-order chi connectivity index (χ1) is 9.74. The smallest absolute Gasteiger partial charge is 0.168 e. The van der Waals surface area contributed by atoms with Gasteiger partial charge in [0, 0.05) is 19.4 Å². The zero-order chi connectivity index (χ0) is 14.4. The zero-order valence-electron chi connectivity index (χ0n) is 11.3. The van der Waals surface area contributed by atoms with Crippen molar-refractivity contribution < 1.29 is 14.2 Å². The van der Waals surface area contributed by atoms with Gasteiger partial charge in [0.05, 0.1) is 25.1 Å². The molecule has 0 aliphatic rings. The topological polar surface area (TPSA) is 47.3 Å². The van der Waals surface area contributed by atoms with E-state index in [-0.39, 0.29) is 12.4 Å². The molecule has 0 aliphatic heterocycles. The third-order valence-corrected chi connectivity index (χ3v) is 3.90. The molecule has 108 valence electrons. The van der Waals surface area contributed by atoms with Crippen LogP contribution in [0.3, 0.4) is 0 Å². The van der Waals surface area contributed by atoms with E-state index < -0.39 is 0 Å². The maximum atomic E-state index is 13.1. The van der Waals surface area contributed by atoms with Gasteiger partial charge in [-0.25, -0.2) is 9.37 Å². The second kappa shape index (κ2) is 7.42. The minimum absolute atomic E-state index is 0.0583. The van der Waals surface area contributed by atoms with Gasteiger partial charge in [0.1, 0.15) is 5.82 Å². The Morgan fingerprint density at radius 1 is 1.45 bits per heavy atom. The molecule has 2 rings (SSSR count). The highest BCUT2D eigenvalue weighted by atomic mass is 32.2. The molecule has 0 saturated carbocycles. The molecule has 1 heterocycles. The Balaban J connectivity index is 2.06. The summed E-state index contributed by atoms with van der Waals surface area (Å²) in [7, 11) is 1.63. The molecule has 0 saturated heterocycles. The quantitative estimate of drug-likeness (QED) is 0.797. The van der Waals surface area contributed by atoms with Gasteiger partial charge >= 0.3 is 0 Å². The number of halogens is 1. The van der Waals surface area contributed by atoms with Crippen molar-refractivity contribution in [1.29, 1.82) is 0 Å². The van der Waals surface area contributed by atoms with E-state index in [0.717, 1.165) is 16.4 Å². The highest BCUT2D eigenvalue weighted by Gasteiger charge is 2.10.